The van der Waals surface area contributed by atoms with Gasteiger partial charge in [-0.15, -0.1) is 0 Å². The maximum atomic E-state index is 12.0. The van der Waals surface area contributed by atoms with E-state index in [0.29, 0.717) is 6.42 Å². The van der Waals surface area contributed by atoms with Gasteiger partial charge in [0.1, 0.15) is 0 Å². The maximum Gasteiger partial charge on any atom is 0.225 e. The van der Waals surface area contributed by atoms with E-state index in [4.69, 9.17) is 5.73 Å². The van der Waals surface area contributed by atoms with Gasteiger partial charge in [-0.25, -0.2) is 8.42 Å². The predicted octanol–water partition coefficient (Wildman–Crippen LogP) is 3.84. The van der Waals surface area contributed by atoms with E-state index < -0.39 is 9.84 Å². The molecule has 1 heterocycles. The first-order chi connectivity index (χ1) is 13.2. The van der Waals surface area contributed by atoms with Crippen LogP contribution in [-0.4, -0.2) is 25.1 Å². The Balaban J connectivity index is 2.23. The Morgan fingerprint density at radius 3 is 2.18 bits per heavy atom. The van der Waals surface area contributed by atoms with Crippen LogP contribution >= 0.6 is 0 Å². The maximum absolute atomic E-state index is 12.0. The summed E-state index contributed by atoms with van der Waals surface area (Å²) >= 11 is 0. The molecule has 0 aliphatic rings. The summed E-state index contributed by atoms with van der Waals surface area (Å²) in [6.45, 7) is 3.91. The average Bonchev–Trinajstić information content (AvgIpc) is 2.99. The standard InChI is InChI=1S/C22H24N2O3S/c1-4-19(22(23)25)20-14-21(16-10-12-18(13-11-16)28(3,26)27)24(15(20)2)17-8-6-5-7-9-17/h5-14,19H,4H2,1-3H3,(H2,23,25). The minimum Gasteiger partial charge on any atom is -0.369 e. The molecule has 3 rings (SSSR count). The number of carbonyl (C=O) groups excluding carboxylic acids is 1. The number of rotatable bonds is 6. The second kappa shape index (κ2) is 7.64. The van der Waals surface area contributed by atoms with Crippen LogP contribution in [0.2, 0.25) is 0 Å². The number of aromatic nitrogens is 1. The lowest BCUT2D eigenvalue weighted by atomic mass is 9.95. The monoisotopic (exact) mass is 396 g/mol. The van der Waals surface area contributed by atoms with Crippen molar-refractivity contribution in [3.05, 3.63) is 71.9 Å². The summed E-state index contributed by atoms with van der Waals surface area (Å²) in [4.78, 5) is 12.3. The normalized spacial score (nSPS) is 12.7. The van der Waals surface area contributed by atoms with Crippen molar-refractivity contribution in [2.75, 3.05) is 6.26 Å². The number of hydrogen-bond acceptors (Lipinski definition) is 3. The van der Waals surface area contributed by atoms with E-state index in [9.17, 15) is 13.2 Å². The van der Waals surface area contributed by atoms with Crippen LogP contribution in [0, 0.1) is 6.92 Å². The first kappa shape index (κ1) is 19.9. The van der Waals surface area contributed by atoms with Gasteiger partial charge >= 0.3 is 0 Å². The van der Waals surface area contributed by atoms with Gasteiger partial charge in [-0.3, -0.25) is 4.79 Å². The van der Waals surface area contributed by atoms with Crippen molar-refractivity contribution in [2.24, 2.45) is 5.73 Å². The van der Waals surface area contributed by atoms with Crippen LogP contribution < -0.4 is 5.73 Å². The quantitative estimate of drug-likeness (QED) is 0.687. The first-order valence-corrected chi connectivity index (χ1v) is 11.0. The summed E-state index contributed by atoms with van der Waals surface area (Å²) in [5.74, 6) is -0.728. The molecule has 6 heteroatoms. The highest BCUT2D eigenvalue weighted by Crippen LogP contribution is 2.34. The predicted molar refractivity (Wildman–Crippen MR) is 111 cm³/mol. The Bertz CT molecular complexity index is 1100. The fraction of sp³-hybridized carbons (Fsp3) is 0.227. The molecule has 146 valence electrons. The molecule has 2 aromatic carbocycles. The van der Waals surface area contributed by atoms with Crippen molar-refractivity contribution in [1.82, 2.24) is 4.57 Å². The van der Waals surface area contributed by atoms with E-state index in [1.807, 2.05) is 50.2 Å². The summed E-state index contributed by atoms with van der Waals surface area (Å²) < 4.78 is 25.6. The van der Waals surface area contributed by atoms with Gasteiger partial charge in [0.15, 0.2) is 9.84 Å². The smallest absolute Gasteiger partial charge is 0.225 e. The van der Waals surface area contributed by atoms with Gasteiger partial charge in [0.05, 0.1) is 16.5 Å². The van der Waals surface area contributed by atoms with Crippen LogP contribution in [0.3, 0.4) is 0 Å². The second-order valence-electron chi connectivity index (χ2n) is 6.90. The molecule has 0 spiro atoms. The lowest BCUT2D eigenvalue weighted by molar-refractivity contribution is -0.119. The number of carbonyl (C=O) groups is 1. The van der Waals surface area contributed by atoms with Crippen molar-refractivity contribution < 1.29 is 13.2 Å². The molecule has 0 fully saturated rings. The molecule has 0 saturated heterocycles. The van der Waals surface area contributed by atoms with Crippen molar-refractivity contribution >= 4 is 15.7 Å². The van der Waals surface area contributed by atoms with Crippen LogP contribution in [0.25, 0.3) is 16.9 Å². The number of sulfone groups is 1. The summed E-state index contributed by atoms with van der Waals surface area (Å²) in [5.41, 5.74) is 10.2. The van der Waals surface area contributed by atoms with E-state index in [1.54, 1.807) is 24.3 Å². The second-order valence-corrected chi connectivity index (χ2v) is 8.92. The number of hydrogen-bond donors (Lipinski definition) is 1. The third-order valence-corrected chi connectivity index (χ3v) is 6.13. The highest BCUT2D eigenvalue weighted by molar-refractivity contribution is 7.90. The SMILES string of the molecule is CCC(C(N)=O)c1cc(-c2ccc(S(C)(=O)=O)cc2)n(-c2ccccc2)c1C. The molecule has 1 unspecified atom stereocenters. The van der Waals surface area contributed by atoms with Gasteiger partial charge in [0.25, 0.3) is 0 Å². The molecule has 5 nitrogen and oxygen atoms in total. The molecule has 0 saturated carbocycles. The molecule has 0 bridgehead atoms. The van der Waals surface area contributed by atoms with E-state index in [0.717, 1.165) is 28.2 Å². The zero-order valence-electron chi connectivity index (χ0n) is 16.2. The molecular formula is C22H24N2O3S. The van der Waals surface area contributed by atoms with Crippen molar-refractivity contribution in [1.29, 1.82) is 0 Å². The summed E-state index contributed by atoms with van der Waals surface area (Å²) in [5, 5.41) is 0. The molecule has 1 aromatic heterocycles. The van der Waals surface area contributed by atoms with Crippen LogP contribution in [-0.2, 0) is 14.6 Å². The third-order valence-electron chi connectivity index (χ3n) is 5.01. The van der Waals surface area contributed by atoms with Gasteiger partial charge in [0.2, 0.25) is 5.91 Å². The van der Waals surface area contributed by atoms with Crippen molar-refractivity contribution in [3.8, 4) is 16.9 Å². The molecule has 0 aliphatic carbocycles. The molecule has 1 atom stereocenters. The number of nitrogens with two attached hydrogens (primary N) is 1. The molecular weight excluding hydrogens is 372 g/mol. The number of primary amides is 1. The third kappa shape index (κ3) is 3.73. The lowest BCUT2D eigenvalue weighted by Crippen LogP contribution is -2.21. The summed E-state index contributed by atoms with van der Waals surface area (Å²) in [6.07, 6.45) is 1.80. The highest BCUT2D eigenvalue weighted by Gasteiger charge is 2.24. The molecule has 28 heavy (non-hydrogen) atoms. The number of benzene rings is 2. The Morgan fingerprint density at radius 1 is 1.07 bits per heavy atom. The van der Waals surface area contributed by atoms with Crippen LogP contribution in [0.5, 0.6) is 0 Å². The summed E-state index contributed by atoms with van der Waals surface area (Å²) in [7, 11) is -3.26. The molecule has 0 aliphatic heterocycles. The topological polar surface area (TPSA) is 82.2 Å². The fourth-order valence-electron chi connectivity index (χ4n) is 3.55. The minimum atomic E-state index is -3.26. The largest absolute Gasteiger partial charge is 0.369 e. The Hall–Kier alpha value is -2.86. The Kier molecular flexibility index (Phi) is 5.42. The van der Waals surface area contributed by atoms with Crippen LogP contribution in [0.4, 0.5) is 0 Å². The molecule has 3 aromatic rings. The first-order valence-electron chi connectivity index (χ1n) is 9.11. The Morgan fingerprint density at radius 2 is 1.68 bits per heavy atom. The summed E-state index contributed by atoms with van der Waals surface area (Å²) in [6, 6.07) is 18.6. The fourth-order valence-corrected chi connectivity index (χ4v) is 4.18. The number of para-hydroxylation sites is 1. The Labute approximate surface area is 165 Å². The van der Waals surface area contributed by atoms with Crippen LogP contribution in [0.15, 0.2) is 65.6 Å². The van der Waals surface area contributed by atoms with Gasteiger partial charge in [-0.2, -0.15) is 0 Å². The van der Waals surface area contributed by atoms with Gasteiger partial charge in [0, 0.05) is 17.6 Å². The van der Waals surface area contributed by atoms with Crippen molar-refractivity contribution in [2.45, 2.75) is 31.1 Å². The zero-order chi connectivity index (χ0) is 20.5. The van der Waals surface area contributed by atoms with Crippen LogP contribution in [0.1, 0.15) is 30.5 Å². The highest BCUT2D eigenvalue weighted by atomic mass is 32.2. The molecule has 2 N–H and O–H groups in total. The minimum absolute atomic E-state index is 0.273. The number of amides is 1. The van der Waals surface area contributed by atoms with E-state index in [1.165, 1.54) is 6.26 Å². The van der Waals surface area contributed by atoms with Crippen molar-refractivity contribution in [3.63, 3.8) is 0 Å². The van der Waals surface area contributed by atoms with Gasteiger partial charge < -0.3 is 10.3 Å². The lowest BCUT2D eigenvalue weighted by Gasteiger charge is -2.14. The zero-order valence-corrected chi connectivity index (χ0v) is 17.0. The van der Waals surface area contributed by atoms with E-state index >= 15 is 0 Å². The van der Waals surface area contributed by atoms with Gasteiger partial charge in [-0.05, 0) is 54.8 Å². The molecule has 1 amide bonds. The van der Waals surface area contributed by atoms with Gasteiger partial charge in [-0.1, -0.05) is 37.3 Å². The molecule has 0 radical (unpaired) electrons. The number of nitrogens with zero attached hydrogens (tertiary/aromatic N) is 1. The van der Waals surface area contributed by atoms with E-state index in [2.05, 4.69) is 4.57 Å². The average molecular weight is 397 g/mol. The van der Waals surface area contributed by atoms with E-state index in [-0.39, 0.29) is 16.7 Å².